The van der Waals surface area contributed by atoms with Crippen molar-refractivity contribution in [3.63, 3.8) is 0 Å². The Morgan fingerprint density at radius 3 is 2.76 bits per heavy atom. The summed E-state index contributed by atoms with van der Waals surface area (Å²) in [6.07, 6.45) is -0.845. The van der Waals surface area contributed by atoms with Gasteiger partial charge < -0.3 is 19.7 Å². The molecule has 2 aromatic carbocycles. The van der Waals surface area contributed by atoms with E-state index < -0.39 is 6.10 Å². The van der Waals surface area contributed by atoms with Crippen LogP contribution in [0.15, 0.2) is 42.5 Å². The molecule has 0 saturated heterocycles. The Morgan fingerprint density at radius 2 is 2.04 bits per heavy atom. The molecule has 6 nitrogen and oxygen atoms in total. The molecule has 3 rings (SSSR count). The topological polar surface area (TPSA) is 67.9 Å². The summed E-state index contributed by atoms with van der Waals surface area (Å²) < 4.78 is 11.0. The summed E-state index contributed by atoms with van der Waals surface area (Å²) in [4.78, 5) is 26.1. The van der Waals surface area contributed by atoms with Crippen molar-refractivity contribution >= 4 is 34.8 Å². The van der Waals surface area contributed by atoms with Gasteiger partial charge in [-0.1, -0.05) is 23.7 Å². The first kappa shape index (κ1) is 17.1. The lowest BCUT2D eigenvalue weighted by atomic mass is 10.1. The van der Waals surface area contributed by atoms with Crippen molar-refractivity contribution in [2.75, 3.05) is 23.9 Å². The van der Waals surface area contributed by atoms with Crippen molar-refractivity contribution in [3.8, 4) is 11.5 Å². The van der Waals surface area contributed by atoms with Gasteiger partial charge in [-0.2, -0.15) is 0 Å². The van der Waals surface area contributed by atoms with Crippen LogP contribution in [-0.4, -0.2) is 31.6 Å². The van der Waals surface area contributed by atoms with Crippen molar-refractivity contribution in [1.82, 2.24) is 0 Å². The number of fused-ring (bicyclic) bond motifs is 1. The van der Waals surface area contributed by atoms with Gasteiger partial charge in [-0.25, -0.2) is 0 Å². The van der Waals surface area contributed by atoms with Gasteiger partial charge in [0.2, 0.25) is 5.91 Å². The molecule has 1 aliphatic heterocycles. The molecule has 1 aliphatic rings. The number of rotatable bonds is 3. The number of hydrogen-bond donors (Lipinski definition) is 1. The first-order valence-electron chi connectivity index (χ1n) is 7.68. The van der Waals surface area contributed by atoms with Crippen LogP contribution in [0.1, 0.15) is 6.92 Å². The van der Waals surface area contributed by atoms with Gasteiger partial charge in [0.15, 0.2) is 6.10 Å². The molecule has 1 heterocycles. The van der Waals surface area contributed by atoms with E-state index in [1.54, 1.807) is 36.4 Å². The maximum Gasteiger partial charge on any atom is 0.267 e. The molecule has 1 N–H and O–H groups in total. The lowest BCUT2D eigenvalue weighted by Crippen LogP contribution is -2.48. The zero-order chi connectivity index (χ0) is 18.0. The number of halogens is 1. The second-order valence-electron chi connectivity index (χ2n) is 5.54. The molecule has 0 bridgehead atoms. The van der Waals surface area contributed by atoms with E-state index in [4.69, 9.17) is 21.1 Å². The van der Waals surface area contributed by atoms with Gasteiger partial charge in [-0.05, 0) is 30.3 Å². The number of anilines is 2. The number of amides is 2. The molecule has 7 heteroatoms. The van der Waals surface area contributed by atoms with Crippen molar-refractivity contribution in [3.05, 3.63) is 47.5 Å². The minimum Gasteiger partial charge on any atom is -0.495 e. The quantitative estimate of drug-likeness (QED) is 0.913. The highest BCUT2D eigenvalue weighted by atomic mass is 35.5. The molecule has 130 valence electrons. The van der Waals surface area contributed by atoms with Crippen molar-refractivity contribution in [2.24, 2.45) is 0 Å². The fourth-order valence-corrected chi connectivity index (χ4v) is 2.83. The molecular weight excluding hydrogens is 344 g/mol. The van der Waals surface area contributed by atoms with Crippen LogP contribution in [-0.2, 0) is 9.59 Å². The number of hydrogen-bond acceptors (Lipinski definition) is 4. The molecule has 25 heavy (non-hydrogen) atoms. The SMILES string of the molecule is COc1ccc(Cl)cc1NC(=O)C1CN(C(C)=O)c2ccccc2O1. The third-order valence-electron chi connectivity index (χ3n) is 3.87. The number of benzene rings is 2. The summed E-state index contributed by atoms with van der Waals surface area (Å²) in [5.74, 6) is 0.426. The van der Waals surface area contributed by atoms with E-state index in [1.165, 1.54) is 18.9 Å². The highest BCUT2D eigenvalue weighted by Crippen LogP contribution is 2.34. The van der Waals surface area contributed by atoms with Crippen LogP contribution < -0.4 is 19.7 Å². The standard InChI is InChI=1S/C18H17ClN2O4/c1-11(22)21-10-17(25-16-6-4-3-5-14(16)21)18(23)20-13-9-12(19)7-8-15(13)24-2/h3-9,17H,10H2,1-2H3,(H,20,23). The highest BCUT2D eigenvalue weighted by molar-refractivity contribution is 6.31. The predicted molar refractivity (Wildman–Crippen MR) is 95.5 cm³/mol. The molecule has 0 radical (unpaired) electrons. The summed E-state index contributed by atoms with van der Waals surface area (Å²) in [5.41, 5.74) is 1.09. The summed E-state index contributed by atoms with van der Waals surface area (Å²) >= 11 is 5.98. The smallest absolute Gasteiger partial charge is 0.267 e. The Labute approximate surface area is 150 Å². The number of nitrogens with zero attached hydrogens (tertiary/aromatic N) is 1. The van der Waals surface area contributed by atoms with Crippen LogP contribution in [0.25, 0.3) is 0 Å². The molecule has 1 unspecified atom stereocenters. The Bertz CT molecular complexity index is 824. The zero-order valence-electron chi connectivity index (χ0n) is 13.8. The number of methoxy groups -OCH3 is 1. The monoisotopic (exact) mass is 360 g/mol. The molecule has 2 amide bonds. The van der Waals surface area contributed by atoms with Crippen molar-refractivity contribution in [1.29, 1.82) is 0 Å². The van der Waals surface area contributed by atoms with Crippen LogP contribution in [0.2, 0.25) is 5.02 Å². The van der Waals surface area contributed by atoms with Gasteiger partial charge in [-0.3, -0.25) is 9.59 Å². The number of carbonyl (C=O) groups excluding carboxylic acids is 2. The zero-order valence-corrected chi connectivity index (χ0v) is 14.5. The van der Waals surface area contributed by atoms with Crippen molar-refractivity contribution < 1.29 is 19.1 Å². The van der Waals surface area contributed by atoms with Gasteiger partial charge in [0.05, 0.1) is 25.0 Å². The van der Waals surface area contributed by atoms with Crippen LogP contribution in [0.4, 0.5) is 11.4 Å². The third-order valence-corrected chi connectivity index (χ3v) is 4.10. The van der Waals surface area contributed by atoms with Gasteiger partial charge >= 0.3 is 0 Å². The maximum absolute atomic E-state index is 12.7. The minimum absolute atomic E-state index is 0.126. The second-order valence-corrected chi connectivity index (χ2v) is 5.97. The summed E-state index contributed by atoms with van der Waals surface area (Å²) in [5, 5.41) is 3.22. The van der Waals surface area contributed by atoms with E-state index in [9.17, 15) is 9.59 Å². The second kappa shape index (κ2) is 7.03. The lowest BCUT2D eigenvalue weighted by Gasteiger charge is -2.33. The number of para-hydroxylation sites is 2. The molecule has 0 fully saturated rings. The molecular formula is C18H17ClN2O4. The molecule has 0 saturated carbocycles. The summed E-state index contributed by atoms with van der Waals surface area (Å²) in [6.45, 7) is 1.58. The molecule has 0 spiro atoms. The van der Waals surface area contributed by atoms with Crippen LogP contribution in [0, 0.1) is 0 Å². The largest absolute Gasteiger partial charge is 0.495 e. The fourth-order valence-electron chi connectivity index (χ4n) is 2.66. The normalized spacial score (nSPS) is 15.8. The van der Waals surface area contributed by atoms with E-state index in [1.807, 2.05) is 6.07 Å². The maximum atomic E-state index is 12.7. The molecule has 1 atom stereocenters. The Kier molecular flexibility index (Phi) is 4.81. The average Bonchev–Trinajstić information content (AvgIpc) is 2.60. The third kappa shape index (κ3) is 3.53. The molecule has 2 aromatic rings. The van der Waals surface area contributed by atoms with Crippen molar-refractivity contribution in [2.45, 2.75) is 13.0 Å². The first-order valence-corrected chi connectivity index (χ1v) is 8.05. The Balaban J connectivity index is 1.84. The lowest BCUT2D eigenvalue weighted by molar-refractivity contribution is -0.123. The number of ether oxygens (including phenoxy) is 2. The summed E-state index contributed by atoms with van der Waals surface area (Å²) in [7, 11) is 1.50. The predicted octanol–water partition coefficient (Wildman–Crippen LogP) is 3.10. The van der Waals surface area contributed by atoms with Gasteiger partial charge in [0, 0.05) is 11.9 Å². The van der Waals surface area contributed by atoms with E-state index in [0.717, 1.165) is 0 Å². The Hall–Kier alpha value is -2.73. The van der Waals surface area contributed by atoms with Gasteiger partial charge in [0.1, 0.15) is 11.5 Å². The average molecular weight is 361 g/mol. The molecule has 0 aromatic heterocycles. The van der Waals surface area contributed by atoms with Crippen LogP contribution >= 0.6 is 11.6 Å². The van der Waals surface area contributed by atoms with Gasteiger partial charge in [-0.15, -0.1) is 0 Å². The Morgan fingerprint density at radius 1 is 1.28 bits per heavy atom. The number of carbonyl (C=O) groups is 2. The molecule has 0 aliphatic carbocycles. The van der Waals surface area contributed by atoms with E-state index >= 15 is 0 Å². The summed E-state index contributed by atoms with van der Waals surface area (Å²) in [6, 6.07) is 12.0. The van der Waals surface area contributed by atoms with E-state index in [0.29, 0.717) is 27.9 Å². The van der Waals surface area contributed by atoms with E-state index in [-0.39, 0.29) is 18.4 Å². The van der Waals surface area contributed by atoms with Crippen LogP contribution in [0.5, 0.6) is 11.5 Å². The van der Waals surface area contributed by atoms with E-state index in [2.05, 4.69) is 5.32 Å². The van der Waals surface area contributed by atoms with Crippen LogP contribution in [0.3, 0.4) is 0 Å². The van der Waals surface area contributed by atoms with Gasteiger partial charge in [0.25, 0.3) is 5.91 Å². The fraction of sp³-hybridized carbons (Fsp3) is 0.222. The number of nitrogens with one attached hydrogen (secondary N) is 1. The first-order chi connectivity index (χ1) is 12.0. The minimum atomic E-state index is -0.845. The highest BCUT2D eigenvalue weighted by Gasteiger charge is 2.32.